The van der Waals surface area contributed by atoms with Crippen molar-refractivity contribution in [2.45, 2.75) is 62.6 Å². The van der Waals surface area contributed by atoms with E-state index in [9.17, 15) is 19.2 Å². The number of aromatic amines is 1. The van der Waals surface area contributed by atoms with E-state index in [1.807, 2.05) is 0 Å². The molecule has 1 aliphatic carbocycles. The van der Waals surface area contributed by atoms with Gasteiger partial charge in [-0.2, -0.15) is 0 Å². The summed E-state index contributed by atoms with van der Waals surface area (Å²) in [6.07, 6.45) is 2.61. The zero-order valence-electron chi connectivity index (χ0n) is 22.6. The number of carbonyl (C=O) groups is 4. The maximum atomic E-state index is 15.2. The van der Waals surface area contributed by atoms with Crippen LogP contribution in [0.25, 0.3) is 10.9 Å². The molecule has 3 amide bonds. The van der Waals surface area contributed by atoms with Crippen molar-refractivity contribution in [3.8, 4) is 5.75 Å². The number of rotatable bonds is 7. The first kappa shape index (κ1) is 27.2. The van der Waals surface area contributed by atoms with Gasteiger partial charge in [0.05, 0.1) is 19.6 Å². The average molecular weight is 571 g/mol. The van der Waals surface area contributed by atoms with E-state index in [4.69, 9.17) is 9.47 Å². The Morgan fingerprint density at radius 3 is 2.78 bits per heavy atom. The molecule has 1 saturated carbocycles. The van der Waals surface area contributed by atoms with Crippen molar-refractivity contribution in [1.82, 2.24) is 20.5 Å². The van der Waals surface area contributed by atoms with Crippen LogP contribution in [0, 0.1) is 11.8 Å². The third-order valence-corrected chi connectivity index (χ3v) is 8.81. The van der Waals surface area contributed by atoms with Crippen LogP contribution in [0.5, 0.6) is 5.75 Å². The Hall–Kier alpha value is -3.96. The van der Waals surface area contributed by atoms with Crippen LogP contribution < -0.4 is 15.4 Å². The van der Waals surface area contributed by atoms with Gasteiger partial charge in [-0.15, -0.1) is 0 Å². The largest absolute Gasteiger partial charge is 0.496 e. The predicted molar refractivity (Wildman–Crippen MR) is 142 cm³/mol. The number of hydrogen-bond donors (Lipinski definition) is 3. The summed E-state index contributed by atoms with van der Waals surface area (Å²) in [5.74, 6) is -6.28. The quantitative estimate of drug-likeness (QED) is 0.347. The number of cyclic esters (lactones) is 1. The van der Waals surface area contributed by atoms with Crippen molar-refractivity contribution >= 4 is 34.6 Å². The molecule has 1 aromatic heterocycles. The SMILES string of the molecule is COc1cccc2[nH]c(C(=O)N3[C@@H]4CC[C@H]([C@H]3C(=O)N[C@H](/C=C3\CCOC3=O)C[C@H]3CCNC3=O)C(F)(F)C4)cc12. The number of methoxy groups -OCH3 is 1. The summed E-state index contributed by atoms with van der Waals surface area (Å²) in [5, 5.41) is 6.25. The van der Waals surface area contributed by atoms with Crippen LogP contribution >= 0.6 is 0 Å². The highest BCUT2D eigenvalue weighted by Gasteiger charge is 2.60. The van der Waals surface area contributed by atoms with E-state index in [-0.39, 0.29) is 31.0 Å². The fourth-order valence-electron chi connectivity index (χ4n) is 6.81. The summed E-state index contributed by atoms with van der Waals surface area (Å²) < 4.78 is 40.9. The second kappa shape index (κ2) is 10.5. The van der Waals surface area contributed by atoms with E-state index >= 15 is 8.78 Å². The lowest BCUT2D eigenvalue weighted by atomic mass is 9.71. The Bertz CT molecular complexity index is 1440. The van der Waals surface area contributed by atoms with Crippen LogP contribution in [0.2, 0.25) is 0 Å². The van der Waals surface area contributed by atoms with E-state index in [1.165, 1.54) is 12.0 Å². The molecule has 41 heavy (non-hydrogen) atoms. The molecule has 5 atom stereocenters. The lowest BCUT2D eigenvalue weighted by Gasteiger charge is -2.53. The van der Waals surface area contributed by atoms with Gasteiger partial charge in [-0.05, 0) is 43.9 Å². The van der Waals surface area contributed by atoms with Gasteiger partial charge in [0.15, 0.2) is 0 Å². The Kier molecular flexibility index (Phi) is 6.95. The van der Waals surface area contributed by atoms with E-state index in [0.717, 1.165) is 0 Å². The fourth-order valence-corrected chi connectivity index (χ4v) is 6.81. The van der Waals surface area contributed by atoms with Crippen LogP contribution in [-0.2, 0) is 19.1 Å². The summed E-state index contributed by atoms with van der Waals surface area (Å²) in [6, 6.07) is 3.89. The average Bonchev–Trinajstić information content (AvgIpc) is 3.67. The van der Waals surface area contributed by atoms with Gasteiger partial charge < -0.3 is 30.0 Å². The second-order valence-electron chi connectivity index (χ2n) is 11.3. The Labute approximate surface area is 234 Å². The van der Waals surface area contributed by atoms with E-state index in [0.29, 0.717) is 48.0 Å². The number of H-pyrrole nitrogens is 1. The summed E-state index contributed by atoms with van der Waals surface area (Å²) in [6.45, 7) is 0.713. The van der Waals surface area contributed by atoms with Crippen molar-refractivity contribution in [3.63, 3.8) is 0 Å². The number of benzene rings is 1. The summed E-state index contributed by atoms with van der Waals surface area (Å²) >= 11 is 0. The van der Waals surface area contributed by atoms with Gasteiger partial charge in [0, 0.05) is 53.9 Å². The van der Waals surface area contributed by atoms with Gasteiger partial charge in [0.2, 0.25) is 11.8 Å². The van der Waals surface area contributed by atoms with E-state index < -0.39 is 60.1 Å². The number of alkyl halides is 2. The number of fused-ring (bicyclic) bond motifs is 4. The van der Waals surface area contributed by atoms with Gasteiger partial charge in [-0.3, -0.25) is 14.4 Å². The molecule has 3 N–H and O–H groups in total. The molecule has 12 heteroatoms. The number of amides is 3. The predicted octanol–water partition coefficient (Wildman–Crippen LogP) is 2.69. The monoisotopic (exact) mass is 570 g/mol. The van der Waals surface area contributed by atoms with Crippen LogP contribution in [-0.4, -0.2) is 77.9 Å². The minimum atomic E-state index is -3.13. The first-order chi connectivity index (χ1) is 19.7. The zero-order valence-corrected chi connectivity index (χ0v) is 22.6. The lowest BCUT2D eigenvalue weighted by Crippen LogP contribution is -2.68. The number of nitrogens with zero attached hydrogens (tertiary/aromatic N) is 1. The number of hydrogen-bond acceptors (Lipinski definition) is 6. The van der Waals surface area contributed by atoms with Gasteiger partial charge >= 0.3 is 5.97 Å². The normalized spacial score (nSPS) is 28.6. The zero-order chi connectivity index (χ0) is 28.9. The molecule has 4 aliphatic heterocycles. The van der Waals surface area contributed by atoms with E-state index in [1.54, 1.807) is 30.3 Å². The smallest absolute Gasteiger partial charge is 0.333 e. The van der Waals surface area contributed by atoms with Crippen molar-refractivity contribution in [3.05, 3.63) is 41.6 Å². The molecule has 5 heterocycles. The maximum Gasteiger partial charge on any atom is 0.333 e. The molecule has 2 aromatic rings. The number of esters is 1. The number of halogens is 2. The number of ether oxygens (including phenoxy) is 2. The van der Waals surface area contributed by atoms with Crippen LogP contribution in [0.15, 0.2) is 35.9 Å². The van der Waals surface area contributed by atoms with Crippen molar-refractivity contribution in [1.29, 1.82) is 0 Å². The minimum Gasteiger partial charge on any atom is -0.496 e. The number of aromatic nitrogens is 1. The van der Waals surface area contributed by atoms with Crippen molar-refractivity contribution in [2.75, 3.05) is 20.3 Å². The topological polar surface area (TPSA) is 130 Å². The van der Waals surface area contributed by atoms with Crippen molar-refractivity contribution in [2.24, 2.45) is 11.8 Å². The summed E-state index contributed by atoms with van der Waals surface area (Å²) in [7, 11) is 1.52. The van der Waals surface area contributed by atoms with Gasteiger partial charge in [0.25, 0.3) is 11.8 Å². The highest BCUT2D eigenvalue weighted by molar-refractivity contribution is 6.02. The number of piperidine rings is 2. The maximum absolute atomic E-state index is 15.2. The molecule has 218 valence electrons. The molecule has 7 rings (SSSR count). The standard InChI is InChI=1S/C29H32F2N4O6/c1-40-23-4-2-3-21-19(23)13-22(34-21)27(38)35-18-5-6-20(29(30,31)14-18)24(35)26(37)33-17(11-15-7-9-32-25(15)36)12-16-8-10-41-28(16)39/h2-4,12-13,15,17-18,20,24,34H,5-11,14H2,1H3,(H,32,36)(H,33,37)/b16-12+/t15-,17+,18-,20-,24+/m1/s1. The first-order valence-corrected chi connectivity index (χ1v) is 14.0. The first-order valence-electron chi connectivity index (χ1n) is 14.0. The summed E-state index contributed by atoms with van der Waals surface area (Å²) in [5.41, 5.74) is 1.18. The fraction of sp³-hybridized carbons (Fsp3) is 0.517. The molecule has 2 bridgehead atoms. The van der Waals surface area contributed by atoms with E-state index in [2.05, 4.69) is 15.6 Å². The number of carbonyl (C=O) groups excluding carboxylic acids is 4. The Morgan fingerprint density at radius 1 is 1.27 bits per heavy atom. The lowest BCUT2D eigenvalue weighted by molar-refractivity contribution is -0.179. The molecule has 10 nitrogen and oxygen atoms in total. The highest BCUT2D eigenvalue weighted by Crippen LogP contribution is 2.49. The van der Waals surface area contributed by atoms with Gasteiger partial charge in [0.1, 0.15) is 17.5 Å². The van der Waals surface area contributed by atoms with Crippen LogP contribution in [0.1, 0.15) is 49.0 Å². The highest BCUT2D eigenvalue weighted by atomic mass is 19.3. The Morgan fingerprint density at radius 2 is 2.10 bits per heavy atom. The summed E-state index contributed by atoms with van der Waals surface area (Å²) in [4.78, 5) is 56.6. The molecule has 4 saturated heterocycles. The van der Waals surface area contributed by atoms with Crippen LogP contribution in [0.3, 0.4) is 0 Å². The molecule has 1 aromatic carbocycles. The minimum absolute atomic E-state index is 0.100. The van der Waals surface area contributed by atoms with Crippen LogP contribution in [0.4, 0.5) is 8.78 Å². The Balaban J connectivity index is 1.32. The van der Waals surface area contributed by atoms with Gasteiger partial charge in [-0.25, -0.2) is 13.6 Å². The third kappa shape index (κ3) is 4.93. The molecular formula is C29H32F2N4O6. The molecule has 5 fully saturated rings. The molecular weight excluding hydrogens is 538 g/mol. The molecule has 5 aliphatic rings. The second-order valence-corrected chi connectivity index (χ2v) is 11.3. The molecule has 0 spiro atoms. The molecule has 0 unspecified atom stereocenters. The third-order valence-electron chi connectivity index (χ3n) is 8.81. The molecule has 0 radical (unpaired) electrons. The van der Waals surface area contributed by atoms with Crippen molar-refractivity contribution < 1.29 is 37.4 Å². The number of nitrogens with one attached hydrogen (secondary N) is 3. The van der Waals surface area contributed by atoms with Gasteiger partial charge in [-0.1, -0.05) is 12.1 Å².